The Kier molecular flexibility index (Phi) is 11.2. The lowest BCUT2D eigenvalue weighted by molar-refractivity contribution is -0.0542. The van der Waals surface area contributed by atoms with Crippen LogP contribution in [-0.2, 0) is 49.7 Å². The first kappa shape index (κ1) is 35.2. The second kappa shape index (κ2) is 15.0. The molecule has 12 atom stereocenters. The minimum atomic E-state index is -3.48. The molecule has 0 aromatic carbocycles. The fourth-order valence-corrected chi connectivity index (χ4v) is 7.25. The molecule has 0 aliphatic carbocycles. The summed E-state index contributed by atoms with van der Waals surface area (Å²) in [6.07, 6.45) is -9.84. The summed E-state index contributed by atoms with van der Waals surface area (Å²) in [5.41, 5.74) is 4.23. The zero-order valence-corrected chi connectivity index (χ0v) is 26.5. The number of hydrogen-bond acceptors (Lipinski definition) is 22. The summed E-state index contributed by atoms with van der Waals surface area (Å²) in [6.45, 7) is -1.41. The first-order valence-corrected chi connectivity index (χ1v) is 17.1. The number of hydrogen-bond donors (Lipinski definition) is 6. The van der Waals surface area contributed by atoms with Gasteiger partial charge < -0.3 is 35.6 Å². The number of ether oxygens (including phenoxy) is 2. The normalized spacial score (nSPS) is 28.9. The summed E-state index contributed by atoms with van der Waals surface area (Å²) in [6, 6.07) is 0.969. The molecule has 2 saturated heterocycles. The molecule has 252 valence electrons. The molecule has 7 N–H and O–H groups in total. The van der Waals surface area contributed by atoms with Gasteiger partial charge in [0.2, 0.25) is 0 Å². The number of rotatable bonds is 14. The zero-order valence-electron chi connectivity index (χ0n) is 22.9. The molecule has 29 heteroatoms. The van der Waals surface area contributed by atoms with E-state index in [0.29, 0.717) is 0 Å². The minimum Gasteiger partial charge on any atom is -0.387 e. The van der Waals surface area contributed by atoms with Crippen molar-refractivity contribution in [1.82, 2.24) is 34.5 Å². The fourth-order valence-electron chi connectivity index (χ4n) is 4.26. The van der Waals surface area contributed by atoms with Crippen LogP contribution in [0.4, 0.5) is 5.82 Å². The van der Waals surface area contributed by atoms with Crippen LogP contribution in [0.15, 0.2) is 28.2 Å². The van der Waals surface area contributed by atoms with Gasteiger partial charge in [-0.05, 0) is 0 Å². The van der Waals surface area contributed by atoms with Crippen LogP contribution >= 0.6 is 33.0 Å². The standard InChI is InChI=1S/C18H21N8O17P4/c19-14-9-15(21-5-20-14)26(24-23-9)17-13(31)11(29)7(40-17)4-38-45(34)42-47(36)43-46(35)41-44(33)37-3-6-10(28)12(30)16(39-6)25-2-1-8(27)22-18(25)32/h1-2,5-7,10-13,16-17,28-31H,3-4H2,(H2-,19,20,21,22,24,27,32)/q+3/p+1/t6-,7+,10-,11+,12-,13+,16-,17+/m1/s1. The van der Waals surface area contributed by atoms with Crippen molar-refractivity contribution >= 4 is 50.0 Å². The molecule has 0 amide bonds. The third-order valence-corrected chi connectivity index (χ3v) is 10.3. The molecule has 25 nitrogen and oxygen atoms in total. The molecule has 3 aromatic rings. The van der Waals surface area contributed by atoms with Gasteiger partial charge in [-0.1, -0.05) is 5.21 Å². The van der Waals surface area contributed by atoms with E-state index in [2.05, 4.69) is 33.2 Å². The van der Waals surface area contributed by atoms with Gasteiger partial charge in [0.05, 0.1) is 0 Å². The quantitative estimate of drug-likeness (QED) is 0.100. The largest absolute Gasteiger partial charge is 0.798 e. The van der Waals surface area contributed by atoms with Gasteiger partial charge in [0.15, 0.2) is 42.4 Å². The molecule has 5 heterocycles. The average molecular weight is 746 g/mol. The smallest absolute Gasteiger partial charge is 0.387 e. The van der Waals surface area contributed by atoms with Crippen molar-refractivity contribution in [3.05, 3.63) is 39.4 Å². The minimum absolute atomic E-state index is 0.00344. The molecule has 0 saturated carbocycles. The highest BCUT2D eigenvalue weighted by atomic mass is 31.2. The molecule has 4 unspecified atom stereocenters. The van der Waals surface area contributed by atoms with E-state index in [9.17, 15) is 48.3 Å². The lowest BCUT2D eigenvalue weighted by Crippen LogP contribution is -2.37. The number of aliphatic hydroxyl groups excluding tert-OH is 4. The number of H-pyrrole nitrogens is 1. The van der Waals surface area contributed by atoms with Crippen LogP contribution in [0.1, 0.15) is 12.5 Å². The number of anilines is 1. The molecule has 5 rings (SSSR count). The molecule has 2 aliphatic rings. The fraction of sp³-hybridized carbons (Fsp3) is 0.556. The van der Waals surface area contributed by atoms with E-state index < -0.39 is 107 Å². The Labute approximate surface area is 262 Å². The second-order valence-corrected chi connectivity index (χ2v) is 13.6. The third-order valence-electron chi connectivity index (χ3n) is 6.42. The number of nitrogens with one attached hydrogen (secondary N) is 1. The number of aliphatic hydroxyl groups is 4. The van der Waals surface area contributed by atoms with Crippen molar-refractivity contribution < 1.29 is 70.1 Å². The maximum Gasteiger partial charge on any atom is 0.798 e. The van der Waals surface area contributed by atoms with E-state index in [1.54, 1.807) is 0 Å². The second-order valence-electron chi connectivity index (χ2n) is 9.31. The van der Waals surface area contributed by atoms with E-state index >= 15 is 0 Å². The molecule has 2 aliphatic heterocycles. The summed E-state index contributed by atoms with van der Waals surface area (Å²) in [5.74, 6) is 0.00344. The summed E-state index contributed by atoms with van der Waals surface area (Å²) in [5, 5.41) is 48.7. The van der Waals surface area contributed by atoms with Crippen LogP contribution < -0.4 is 17.0 Å². The van der Waals surface area contributed by atoms with Crippen LogP contribution in [0.5, 0.6) is 0 Å². The Morgan fingerprint density at radius 1 is 0.830 bits per heavy atom. The van der Waals surface area contributed by atoms with Crippen molar-refractivity contribution in [3.63, 3.8) is 0 Å². The summed E-state index contributed by atoms with van der Waals surface area (Å²) in [7, 11) is -13.5. The Morgan fingerprint density at radius 3 is 1.98 bits per heavy atom. The van der Waals surface area contributed by atoms with Gasteiger partial charge in [-0.2, -0.15) is 4.68 Å². The number of nitrogens with zero attached hydrogens (tertiary/aromatic N) is 6. The molecule has 0 bridgehead atoms. The molecular weight excluding hydrogens is 724 g/mol. The molecule has 0 radical (unpaired) electrons. The topological polar surface area (TPSA) is 351 Å². The molecular formula is C18H22N8O17P4+4. The Balaban J connectivity index is 1.03. The summed E-state index contributed by atoms with van der Waals surface area (Å²) >= 11 is 0. The van der Waals surface area contributed by atoms with E-state index in [-0.39, 0.29) is 17.0 Å². The van der Waals surface area contributed by atoms with Gasteiger partial charge in [0.25, 0.3) is 5.56 Å². The number of aromatic amines is 1. The highest BCUT2D eigenvalue weighted by Crippen LogP contribution is 2.51. The summed E-state index contributed by atoms with van der Waals surface area (Å²) in [4.78, 5) is 32.8. The van der Waals surface area contributed by atoms with Crippen molar-refractivity contribution in [2.75, 3.05) is 18.9 Å². The van der Waals surface area contributed by atoms with Gasteiger partial charge in [-0.15, -0.1) is 14.1 Å². The number of nitrogen functional groups attached to an aromatic ring is 1. The first-order valence-electron chi connectivity index (χ1n) is 12.7. The van der Waals surface area contributed by atoms with Crippen molar-refractivity contribution in [2.24, 2.45) is 0 Å². The van der Waals surface area contributed by atoms with Crippen molar-refractivity contribution in [1.29, 1.82) is 0 Å². The predicted octanol–water partition coefficient (Wildman–Crippen LogP) is -1.70. The van der Waals surface area contributed by atoms with Crippen LogP contribution in [-0.4, -0.2) is 105 Å². The molecule has 0 spiro atoms. The highest BCUT2D eigenvalue weighted by molar-refractivity contribution is 7.56. The summed E-state index contributed by atoms with van der Waals surface area (Å²) < 4.78 is 83.3. The van der Waals surface area contributed by atoms with E-state index in [1.807, 2.05) is 4.98 Å². The highest BCUT2D eigenvalue weighted by Gasteiger charge is 2.56. The zero-order chi connectivity index (χ0) is 34.0. The lowest BCUT2D eigenvalue weighted by Gasteiger charge is -2.16. The SMILES string of the molecule is Nc1ncnc2c1nnn2[C@H]1O[C@@H](CO[P+](=O)O[P+](=O)O[P+](=O)O[P+](=O)OC[C@H]2O[C@@H](n3ccc(=O)[nH]c3=O)[C@H](O)[C@@H]2O)[C@H](O)[C@@H]1O. The first-order chi connectivity index (χ1) is 22.3. The van der Waals surface area contributed by atoms with Gasteiger partial charge in [-0.3, -0.25) is 14.3 Å². The average Bonchev–Trinajstić information content (AvgIpc) is 3.65. The van der Waals surface area contributed by atoms with Gasteiger partial charge >= 0.3 is 38.7 Å². The molecule has 3 aromatic heterocycles. The maximum absolute atomic E-state index is 12.1. The maximum atomic E-state index is 12.1. The van der Waals surface area contributed by atoms with E-state index in [0.717, 1.165) is 27.8 Å². The van der Waals surface area contributed by atoms with Crippen LogP contribution in [0.2, 0.25) is 0 Å². The molecule has 2 fully saturated rings. The monoisotopic (exact) mass is 746 g/mol. The Morgan fingerprint density at radius 2 is 1.38 bits per heavy atom. The van der Waals surface area contributed by atoms with Gasteiger partial charge in [-0.25, -0.2) is 14.8 Å². The van der Waals surface area contributed by atoms with Gasteiger partial charge in [0, 0.05) is 30.5 Å². The van der Waals surface area contributed by atoms with Crippen LogP contribution in [0.3, 0.4) is 0 Å². The number of aromatic nitrogens is 7. The predicted molar refractivity (Wildman–Crippen MR) is 146 cm³/mol. The lowest BCUT2D eigenvalue weighted by atomic mass is 10.1. The number of fused-ring (bicyclic) bond motifs is 1. The van der Waals surface area contributed by atoms with E-state index in [4.69, 9.17) is 24.3 Å². The number of nitrogens with two attached hydrogens (primary N) is 1. The van der Waals surface area contributed by atoms with Crippen LogP contribution in [0.25, 0.3) is 11.2 Å². The van der Waals surface area contributed by atoms with Crippen LogP contribution in [0, 0.1) is 0 Å². The Hall–Kier alpha value is -3.08. The molecule has 47 heavy (non-hydrogen) atoms. The third kappa shape index (κ3) is 7.98. The van der Waals surface area contributed by atoms with Crippen molar-refractivity contribution in [3.8, 4) is 0 Å². The Bertz CT molecular complexity index is 1810. The van der Waals surface area contributed by atoms with Crippen molar-refractivity contribution in [2.45, 2.75) is 49.1 Å². The van der Waals surface area contributed by atoms with Gasteiger partial charge in [0.1, 0.15) is 56.2 Å². The van der Waals surface area contributed by atoms with E-state index in [1.165, 1.54) is 0 Å².